The lowest BCUT2D eigenvalue weighted by atomic mass is 9.94. The standard InChI is InChI=1S/C11H18O3/c1-5-7-10(14-6-2)11(8(3)12)9(4)13/h5,7,10-11H,6H2,1-4H3/b7-5+. The summed E-state index contributed by atoms with van der Waals surface area (Å²) in [5.74, 6) is -0.950. The molecule has 0 saturated carbocycles. The highest BCUT2D eigenvalue weighted by Gasteiger charge is 2.28. The molecule has 0 heterocycles. The van der Waals surface area contributed by atoms with E-state index in [9.17, 15) is 9.59 Å². The van der Waals surface area contributed by atoms with Crippen molar-refractivity contribution in [2.24, 2.45) is 5.92 Å². The van der Waals surface area contributed by atoms with Gasteiger partial charge in [-0.3, -0.25) is 9.59 Å². The number of ketones is 2. The predicted octanol–water partition coefficient (Wildman–Crippen LogP) is 1.76. The van der Waals surface area contributed by atoms with Gasteiger partial charge >= 0.3 is 0 Å². The van der Waals surface area contributed by atoms with Gasteiger partial charge in [-0.05, 0) is 27.7 Å². The fourth-order valence-corrected chi connectivity index (χ4v) is 1.39. The van der Waals surface area contributed by atoms with Crippen LogP contribution < -0.4 is 0 Å². The van der Waals surface area contributed by atoms with Crippen molar-refractivity contribution < 1.29 is 14.3 Å². The molecule has 1 atom stereocenters. The zero-order chi connectivity index (χ0) is 11.1. The second-order valence-electron chi connectivity index (χ2n) is 3.14. The van der Waals surface area contributed by atoms with Gasteiger partial charge in [0, 0.05) is 6.61 Å². The Morgan fingerprint density at radius 2 is 1.79 bits per heavy atom. The van der Waals surface area contributed by atoms with Crippen LogP contribution >= 0.6 is 0 Å². The maximum Gasteiger partial charge on any atom is 0.143 e. The lowest BCUT2D eigenvalue weighted by molar-refractivity contribution is -0.135. The third-order valence-electron chi connectivity index (χ3n) is 1.95. The first kappa shape index (κ1) is 13.0. The van der Waals surface area contributed by atoms with Gasteiger partial charge in [-0.1, -0.05) is 12.2 Å². The van der Waals surface area contributed by atoms with Gasteiger partial charge in [0.1, 0.15) is 17.5 Å². The lowest BCUT2D eigenvalue weighted by Crippen LogP contribution is -2.33. The van der Waals surface area contributed by atoms with Crippen LogP contribution in [0.3, 0.4) is 0 Å². The van der Waals surface area contributed by atoms with Crippen LogP contribution in [-0.4, -0.2) is 24.3 Å². The highest BCUT2D eigenvalue weighted by atomic mass is 16.5. The second kappa shape index (κ2) is 6.49. The quantitative estimate of drug-likeness (QED) is 0.482. The number of rotatable bonds is 6. The highest BCUT2D eigenvalue weighted by Crippen LogP contribution is 2.12. The van der Waals surface area contributed by atoms with Crippen molar-refractivity contribution in [1.82, 2.24) is 0 Å². The summed E-state index contributed by atoms with van der Waals surface area (Å²) >= 11 is 0. The van der Waals surface area contributed by atoms with Gasteiger partial charge < -0.3 is 4.74 Å². The van der Waals surface area contributed by atoms with E-state index in [2.05, 4.69) is 0 Å². The third kappa shape index (κ3) is 3.83. The number of hydrogen-bond donors (Lipinski definition) is 0. The van der Waals surface area contributed by atoms with E-state index in [0.29, 0.717) is 6.61 Å². The molecule has 0 aromatic heterocycles. The van der Waals surface area contributed by atoms with E-state index in [1.807, 2.05) is 13.8 Å². The van der Waals surface area contributed by atoms with Crippen LogP contribution in [0, 0.1) is 5.92 Å². The van der Waals surface area contributed by atoms with E-state index in [1.165, 1.54) is 13.8 Å². The van der Waals surface area contributed by atoms with E-state index in [4.69, 9.17) is 4.74 Å². The number of allylic oxidation sites excluding steroid dienone is 1. The van der Waals surface area contributed by atoms with Gasteiger partial charge in [0.05, 0.1) is 6.10 Å². The first-order valence-corrected chi connectivity index (χ1v) is 4.79. The van der Waals surface area contributed by atoms with Crippen molar-refractivity contribution in [3.63, 3.8) is 0 Å². The number of ether oxygens (including phenoxy) is 1. The smallest absolute Gasteiger partial charge is 0.143 e. The summed E-state index contributed by atoms with van der Waals surface area (Å²) in [7, 11) is 0. The van der Waals surface area contributed by atoms with Crippen molar-refractivity contribution in [1.29, 1.82) is 0 Å². The zero-order valence-corrected chi connectivity index (χ0v) is 9.24. The monoisotopic (exact) mass is 198 g/mol. The third-order valence-corrected chi connectivity index (χ3v) is 1.95. The highest BCUT2D eigenvalue weighted by molar-refractivity contribution is 6.01. The summed E-state index contributed by atoms with van der Waals surface area (Å²) in [5.41, 5.74) is 0. The molecule has 14 heavy (non-hydrogen) atoms. The number of carbonyl (C=O) groups excluding carboxylic acids is 2. The summed E-state index contributed by atoms with van der Waals surface area (Å²) in [6, 6.07) is 0. The van der Waals surface area contributed by atoms with Crippen molar-refractivity contribution in [2.75, 3.05) is 6.61 Å². The van der Waals surface area contributed by atoms with Crippen LogP contribution in [0.2, 0.25) is 0 Å². The minimum Gasteiger partial charge on any atom is -0.373 e. The van der Waals surface area contributed by atoms with Crippen molar-refractivity contribution >= 4 is 11.6 Å². The van der Waals surface area contributed by atoms with E-state index >= 15 is 0 Å². The molecule has 0 fully saturated rings. The average molecular weight is 198 g/mol. The van der Waals surface area contributed by atoms with Crippen LogP contribution in [0.4, 0.5) is 0 Å². The Balaban J connectivity index is 4.72. The molecule has 0 saturated heterocycles. The maximum absolute atomic E-state index is 11.2. The minimum atomic E-state index is -0.661. The molecule has 0 spiro atoms. The number of Topliss-reactive ketones (excluding diaryl/α,β-unsaturated/α-hetero) is 2. The van der Waals surface area contributed by atoms with Crippen LogP contribution in [0.25, 0.3) is 0 Å². The van der Waals surface area contributed by atoms with Gasteiger partial charge in [0.2, 0.25) is 0 Å². The van der Waals surface area contributed by atoms with Crippen LogP contribution in [0.1, 0.15) is 27.7 Å². The van der Waals surface area contributed by atoms with Crippen molar-refractivity contribution in [3.05, 3.63) is 12.2 Å². The molecule has 3 nitrogen and oxygen atoms in total. The zero-order valence-electron chi connectivity index (χ0n) is 9.24. The van der Waals surface area contributed by atoms with Gasteiger partial charge in [-0.25, -0.2) is 0 Å². The summed E-state index contributed by atoms with van der Waals surface area (Å²) < 4.78 is 5.34. The molecule has 1 unspecified atom stereocenters. The van der Waals surface area contributed by atoms with Gasteiger partial charge in [-0.2, -0.15) is 0 Å². The average Bonchev–Trinajstić information content (AvgIpc) is 2.03. The molecule has 80 valence electrons. The predicted molar refractivity (Wildman–Crippen MR) is 55.1 cm³/mol. The number of carbonyl (C=O) groups is 2. The number of hydrogen-bond acceptors (Lipinski definition) is 3. The van der Waals surface area contributed by atoms with E-state index in [0.717, 1.165) is 0 Å². The fourth-order valence-electron chi connectivity index (χ4n) is 1.39. The normalized spacial score (nSPS) is 13.5. The lowest BCUT2D eigenvalue weighted by Gasteiger charge is -2.19. The Kier molecular flexibility index (Phi) is 6.04. The molecule has 0 bridgehead atoms. The van der Waals surface area contributed by atoms with E-state index in [-0.39, 0.29) is 11.6 Å². The summed E-state index contributed by atoms with van der Waals surface area (Å²) in [6.07, 6.45) is 3.12. The van der Waals surface area contributed by atoms with Crippen molar-refractivity contribution in [2.45, 2.75) is 33.8 Å². The van der Waals surface area contributed by atoms with E-state index < -0.39 is 12.0 Å². The molecule has 0 aromatic carbocycles. The van der Waals surface area contributed by atoms with Gasteiger partial charge in [0.15, 0.2) is 0 Å². The fraction of sp³-hybridized carbons (Fsp3) is 0.636. The maximum atomic E-state index is 11.2. The van der Waals surface area contributed by atoms with Crippen LogP contribution in [0.5, 0.6) is 0 Å². The molecule has 0 aliphatic heterocycles. The Labute approximate surface area is 85.1 Å². The molecule has 0 amide bonds. The summed E-state index contributed by atoms with van der Waals surface area (Å²) in [4.78, 5) is 22.5. The molecule has 0 aromatic rings. The molecule has 3 heteroatoms. The Hall–Kier alpha value is -0.960. The first-order valence-electron chi connectivity index (χ1n) is 4.79. The first-order chi connectivity index (χ1) is 6.54. The largest absolute Gasteiger partial charge is 0.373 e. The molecule has 0 rings (SSSR count). The summed E-state index contributed by atoms with van der Waals surface area (Å²) in [5, 5.41) is 0. The van der Waals surface area contributed by atoms with Crippen LogP contribution in [-0.2, 0) is 14.3 Å². The SMILES string of the molecule is C/C=C/C(OCC)C(C(C)=O)C(C)=O. The van der Waals surface area contributed by atoms with Gasteiger partial charge in [-0.15, -0.1) is 0 Å². The Morgan fingerprint density at radius 3 is 2.07 bits per heavy atom. The topological polar surface area (TPSA) is 43.4 Å². The summed E-state index contributed by atoms with van der Waals surface area (Å²) in [6.45, 7) is 7.01. The Morgan fingerprint density at radius 1 is 1.29 bits per heavy atom. The Bertz CT molecular complexity index is 217. The second-order valence-corrected chi connectivity index (χ2v) is 3.14. The van der Waals surface area contributed by atoms with E-state index in [1.54, 1.807) is 12.2 Å². The molecule has 0 N–H and O–H groups in total. The minimum absolute atomic E-state index is 0.144. The molecular formula is C11H18O3. The molecule has 0 aliphatic rings. The molecule has 0 radical (unpaired) electrons. The van der Waals surface area contributed by atoms with Crippen LogP contribution in [0.15, 0.2) is 12.2 Å². The van der Waals surface area contributed by atoms with Crippen molar-refractivity contribution in [3.8, 4) is 0 Å². The molecular weight excluding hydrogens is 180 g/mol. The molecule has 0 aliphatic carbocycles. The van der Waals surface area contributed by atoms with Gasteiger partial charge in [0.25, 0.3) is 0 Å².